The molecule has 0 amide bonds. The van der Waals surface area contributed by atoms with Crippen LogP contribution in [0, 0.1) is 0 Å². The molecule has 0 aliphatic carbocycles. The third-order valence-corrected chi connectivity index (χ3v) is 6.74. The molecule has 154 valence electrons. The van der Waals surface area contributed by atoms with Crippen molar-refractivity contribution in [1.29, 1.82) is 0 Å². The highest BCUT2D eigenvalue weighted by atomic mass is 79.9. The Balaban J connectivity index is 2.62. The predicted octanol–water partition coefficient (Wildman–Crippen LogP) is 7.53. The summed E-state index contributed by atoms with van der Waals surface area (Å²) >= 11 is 19.5. The zero-order chi connectivity index (χ0) is 21.1. The Hall–Kier alpha value is -0.313. The van der Waals surface area contributed by atoms with E-state index in [1.807, 2.05) is 0 Å². The van der Waals surface area contributed by atoms with E-state index in [-0.39, 0.29) is 13.3 Å². The largest absolute Gasteiger partial charge is 0.461 e. The van der Waals surface area contributed by atoms with Gasteiger partial charge >= 0.3 is 5.97 Å². The zero-order valence-electron chi connectivity index (χ0n) is 16.2. The summed E-state index contributed by atoms with van der Waals surface area (Å²) in [7, 11) is -1.22. The van der Waals surface area contributed by atoms with E-state index in [4.69, 9.17) is 32.7 Å². The fourth-order valence-electron chi connectivity index (χ4n) is 2.76. The van der Waals surface area contributed by atoms with Crippen LogP contribution in [-0.4, -0.2) is 31.8 Å². The molecule has 0 fully saturated rings. The van der Waals surface area contributed by atoms with Gasteiger partial charge in [0.1, 0.15) is 12.4 Å². The van der Waals surface area contributed by atoms with Crippen molar-refractivity contribution in [2.24, 2.45) is 0 Å². The summed E-state index contributed by atoms with van der Waals surface area (Å²) < 4.78 is 13.7. The molecule has 4 nitrogen and oxygen atoms in total. The molecule has 0 unspecified atom stereocenters. The number of benzene rings is 1. The number of carbonyl (C=O) groups excluding carboxylic acids is 1. The molecule has 28 heavy (non-hydrogen) atoms. The molecule has 0 atom stereocenters. The van der Waals surface area contributed by atoms with E-state index in [1.165, 1.54) is 0 Å². The van der Waals surface area contributed by atoms with E-state index in [1.54, 1.807) is 29.7 Å². The Morgan fingerprint density at radius 3 is 2.50 bits per heavy atom. The van der Waals surface area contributed by atoms with Gasteiger partial charge in [-0.3, -0.25) is 0 Å². The number of hydrogen-bond donors (Lipinski definition) is 0. The van der Waals surface area contributed by atoms with E-state index < -0.39 is 14.0 Å². The molecule has 1 aromatic heterocycles. The first kappa shape index (κ1) is 24.0. The number of halogens is 4. The number of hydrogen-bond acceptors (Lipinski definition) is 3. The van der Waals surface area contributed by atoms with E-state index in [2.05, 4.69) is 51.5 Å². The van der Waals surface area contributed by atoms with Crippen molar-refractivity contribution in [3.63, 3.8) is 0 Å². The second kappa shape index (κ2) is 10.1. The average molecular weight is 572 g/mol. The van der Waals surface area contributed by atoms with Gasteiger partial charge in [0.15, 0.2) is 0 Å². The number of esters is 1. The maximum Gasteiger partial charge on any atom is 0.355 e. The average Bonchev–Trinajstić information content (AvgIpc) is 2.84. The number of ether oxygens (including phenoxy) is 2. The van der Waals surface area contributed by atoms with Crippen LogP contribution in [0.2, 0.25) is 35.7 Å². The minimum atomic E-state index is -1.22. The molecule has 0 radical (unpaired) electrons. The van der Waals surface area contributed by atoms with E-state index >= 15 is 0 Å². The molecule has 9 heteroatoms. The number of aromatic nitrogens is 1. The smallest absolute Gasteiger partial charge is 0.355 e. The summed E-state index contributed by atoms with van der Waals surface area (Å²) in [5.74, 6) is -0.438. The highest BCUT2D eigenvalue weighted by Crippen LogP contribution is 2.37. The van der Waals surface area contributed by atoms with Gasteiger partial charge < -0.3 is 14.0 Å². The second-order valence-electron chi connectivity index (χ2n) is 7.47. The third-order valence-electron chi connectivity index (χ3n) is 4.06. The first-order valence-electron chi connectivity index (χ1n) is 8.84. The summed E-state index contributed by atoms with van der Waals surface area (Å²) in [4.78, 5) is 12.8. The molecule has 0 aliphatic heterocycles. The van der Waals surface area contributed by atoms with Gasteiger partial charge in [0, 0.05) is 30.7 Å². The van der Waals surface area contributed by atoms with E-state index in [0.717, 1.165) is 16.9 Å². The lowest BCUT2D eigenvalue weighted by Gasteiger charge is -2.16. The lowest BCUT2D eigenvalue weighted by Crippen LogP contribution is -2.22. The molecular weight excluding hydrogens is 549 g/mol. The first-order chi connectivity index (χ1) is 13.0. The minimum absolute atomic E-state index is 0.208. The molecular formula is C19H23Br2Cl2NO3Si. The van der Waals surface area contributed by atoms with Crippen LogP contribution in [0.3, 0.4) is 0 Å². The van der Waals surface area contributed by atoms with Gasteiger partial charge in [-0.25, -0.2) is 4.79 Å². The van der Waals surface area contributed by atoms with Crippen molar-refractivity contribution in [2.75, 3.05) is 13.2 Å². The highest BCUT2D eigenvalue weighted by Gasteiger charge is 2.25. The van der Waals surface area contributed by atoms with Crippen molar-refractivity contribution in [3.8, 4) is 0 Å². The van der Waals surface area contributed by atoms with E-state index in [9.17, 15) is 4.79 Å². The molecule has 0 aliphatic rings. The summed E-state index contributed by atoms with van der Waals surface area (Å²) in [6, 6.07) is 4.48. The zero-order valence-corrected chi connectivity index (χ0v) is 21.9. The number of rotatable bonds is 8. The summed E-state index contributed by atoms with van der Waals surface area (Å²) in [5, 5.41) is 1.67. The fourth-order valence-corrected chi connectivity index (χ4v) is 4.56. The summed E-state index contributed by atoms with van der Waals surface area (Å²) in [6.07, 6.45) is 1.78. The number of fused-ring (bicyclic) bond motifs is 1. The van der Waals surface area contributed by atoms with Gasteiger partial charge in [-0.15, -0.1) is 0 Å². The summed E-state index contributed by atoms with van der Waals surface area (Å²) in [6.45, 7) is 9.75. The molecule has 1 aromatic carbocycles. The van der Waals surface area contributed by atoms with Crippen molar-refractivity contribution in [1.82, 2.24) is 4.57 Å². The Labute approximate surface area is 193 Å². The van der Waals surface area contributed by atoms with Crippen molar-refractivity contribution < 1.29 is 14.3 Å². The van der Waals surface area contributed by atoms with Gasteiger partial charge in [-0.1, -0.05) is 42.8 Å². The van der Waals surface area contributed by atoms with Gasteiger partial charge in [-0.05, 0) is 63.0 Å². The Bertz CT molecular complexity index is 903. The Morgan fingerprint density at radius 2 is 1.93 bits per heavy atom. The van der Waals surface area contributed by atoms with Crippen LogP contribution in [0.5, 0.6) is 0 Å². The van der Waals surface area contributed by atoms with Crippen LogP contribution in [0.25, 0.3) is 17.0 Å². The Kier molecular flexibility index (Phi) is 8.67. The van der Waals surface area contributed by atoms with Crippen molar-refractivity contribution >= 4 is 86.1 Å². The molecule has 0 N–H and O–H groups in total. The molecule has 0 saturated heterocycles. The Morgan fingerprint density at radius 1 is 1.25 bits per heavy atom. The van der Waals surface area contributed by atoms with Gasteiger partial charge in [0.2, 0.25) is 0 Å². The quantitative estimate of drug-likeness (QED) is 0.187. The third kappa shape index (κ3) is 6.09. The van der Waals surface area contributed by atoms with Crippen LogP contribution in [0.4, 0.5) is 0 Å². The molecule has 0 spiro atoms. The first-order valence-corrected chi connectivity index (χ1v) is 14.9. The highest BCUT2D eigenvalue weighted by molar-refractivity contribution is 9.28. The van der Waals surface area contributed by atoms with Gasteiger partial charge in [-0.2, -0.15) is 0 Å². The molecule has 2 aromatic rings. The standard InChI is InChI=1S/C19H23Br2Cl2NO3Si/c1-5-27-19(25)18-13(10-16(20)21)17-14(23)8-12(22)9-15(17)24(18)11-26-6-7-28(2,3)4/h8-10H,5-7,11H2,1-4H3. The number of nitrogens with zero attached hydrogens (tertiary/aromatic N) is 1. The van der Waals surface area contributed by atoms with Crippen LogP contribution in [-0.2, 0) is 16.2 Å². The lowest BCUT2D eigenvalue weighted by atomic mass is 10.1. The fraction of sp³-hybridized carbons (Fsp3) is 0.421. The molecule has 0 saturated carbocycles. The van der Waals surface area contributed by atoms with Gasteiger partial charge in [0.25, 0.3) is 0 Å². The van der Waals surface area contributed by atoms with Crippen LogP contribution in [0.1, 0.15) is 23.0 Å². The second-order valence-corrected chi connectivity index (χ2v) is 16.7. The minimum Gasteiger partial charge on any atom is -0.461 e. The van der Waals surface area contributed by atoms with Crippen LogP contribution in [0.15, 0.2) is 15.5 Å². The summed E-state index contributed by atoms with van der Waals surface area (Å²) in [5.41, 5.74) is 1.75. The lowest BCUT2D eigenvalue weighted by molar-refractivity contribution is 0.0477. The topological polar surface area (TPSA) is 40.5 Å². The van der Waals surface area contributed by atoms with Gasteiger partial charge in [0.05, 0.1) is 20.5 Å². The maximum absolute atomic E-state index is 12.8. The predicted molar refractivity (Wildman–Crippen MR) is 128 cm³/mol. The SMILES string of the molecule is CCOC(=O)c1c(C=C(Br)Br)c2c(Cl)cc(Cl)cc2n1COCC[Si](C)(C)C. The van der Waals surface area contributed by atoms with Crippen LogP contribution >= 0.6 is 55.1 Å². The maximum atomic E-state index is 12.8. The van der Waals surface area contributed by atoms with Crippen molar-refractivity contribution in [2.45, 2.75) is 39.3 Å². The monoisotopic (exact) mass is 569 g/mol. The number of carbonyl (C=O) groups is 1. The van der Waals surface area contributed by atoms with Crippen molar-refractivity contribution in [3.05, 3.63) is 36.8 Å². The van der Waals surface area contributed by atoms with Crippen LogP contribution < -0.4 is 0 Å². The molecule has 2 rings (SSSR count). The van der Waals surface area contributed by atoms with E-state index in [0.29, 0.717) is 31.3 Å². The normalized spacial score (nSPS) is 11.7. The molecule has 0 bridgehead atoms. The molecule has 1 heterocycles.